The molecule has 1 aromatic rings. The molecule has 1 aromatic heterocycles. The molecule has 0 saturated carbocycles. The summed E-state index contributed by atoms with van der Waals surface area (Å²) in [6, 6.07) is 2.09. The maximum absolute atomic E-state index is 9.01. The minimum atomic E-state index is 0.196. The molecule has 1 heterocycles. The lowest BCUT2D eigenvalue weighted by molar-refractivity contribution is 0.433. The van der Waals surface area contributed by atoms with Gasteiger partial charge in [-0.1, -0.05) is 18.7 Å². The summed E-state index contributed by atoms with van der Waals surface area (Å²) in [5.74, 6) is 0.196. The van der Waals surface area contributed by atoms with Crippen LogP contribution in [0.4, 0.5) is 0 Å². The molecule has 0 atom stereocenters. The molecule has 68 valence electrons. The molecule has 0 aliphatic heterocycles. The molecule has 0 spiro atoms. The molecule has 1 rings (SSSR count). The Kier molecular flexibility index (Phi) is 4.06. The highest BCUT2D eigenvalue weighted by Gasteiger charge is 1.86. The zero-order valence-electron chi connectivity index (χ0n) is 7.31. The zero-order chi connectivity index (χ0) is 9.52. The summed E-state index contributed by atoms with van der Waals surface area (Å²) in [5, 5.41) is 13.2. The molecule has 0 amide bonds. The van der Waals surface area contributed by atoms with E-state index in [1.54, 1.807) is 17.4 Å². The first kappa shape index (κ1) is 9.81. The van der Waals surface area contributed by atoms with Crippen molar-refractivity contribution in [3.63, 3.8) is 0 Å². The third-order valence-electron chi connectivity index (χ3n) is 1.55. The van der Waals surface area contributed by atoms with E-state index in [9.17, 15) is 0 Å². The Labute approximate surface area is 82.4 Å². The fourth-order valence-corrected chi connectivity index (χ4v) is 1.53. The average Bonchev–Trinajstić information content (AvgIpc) is 2.64. The smallest absolute Gasteiger partial charge is 0.114 e. The predicted molar refractivity (Wildman–Crippen MR) is 58.1 cm³/mol. The number of hydrogen-bond donors (Lipinski definition) is 1. The number of aliphatic hydroxyl groups excluding tert-OH is 1. The standard InChI is InChI=1S/C11H12OS/c1-2-11(12)6-4-3-5-10-7-8-13-9-10/h2-4,6-9,12H,1,5H2/b4-3+,11-6+. The van der Waals surface area contributed by atoms with Gasteiger partial charge >= 0.3 is 0 Å². The molecule has 1 nitrogen and oxygen atoms in total. The van der Waals surface area contributed by atoms with E-state index in [4.69, 9.17) is 5.11 Å². The molecular weight excluding hydrogens is 180 g/mol. The first-order valence-electron chi connectivity index (χ1n) is 4.02. The molecular formula is C11H12OS. The summed E-state index contributed by atoms with van der Waals surface area (Å²) in [7, 11) is 0. The van der Waals surface area contributed by atoms with Crippen LogP contribution in [-0.4, -0.2) is 5.11 Å². The van der Waals surface area contributed by atoms with Gasteiger partial charge in [-0.15, -0.1) is 0 Å². The third-order valence-corrected chi connectivity index (χ3v) is 2.28. The lowest BCUT2D eigenvalue weighted by Crippen LogP contribution is -1.73. The van der Waals surface area contributed by atoms with Crippen molar-refractivity contribution < 1.29 is 5.11 Å². The maximum Gasteiger partial charge on any atom is 0.114 e. The molecule has 0 aliphatic carbocycles. The minimum absolute atomic E-state index is 0.196. The predicted octanol–water partition coefficient (Wildman–Crippen LogP) is 3.47. The van der Waals surface area contributed by atoms with Gasteiger partial charge < -0.3 is 5.11 Å². The minimum Gasteiger partial charge on any atom is -0.508 e. The monoisotopic (exact) mass is 192 g/mol. The van der Waals surface area contributed by atoms with Gasteiger partial charge in [0.25, 0.3) is 0 Å². The van der Waals surface area contributed by atoms with E-state index in [0.717, 1.165) is 6.42 Å². The van der Waals surface area contributed by atoms with Gasteiger partial charge in [-0.2, -0.15) is 11.3 Å². The topological polar surface area (TPSA) is 20.2 Å². The summed E-state index contributed by atoms with van der Waals surface area (Å²) in [6.07, 6.45) is 7.77. The SMILES string of the molecule is C=C/C(O)=C\C=C\Cc1ccsc1. The lowest BCUT2D eigenvalue weighted by atomic mass is 10.2. The summed E-state index contributed by atoms with van der Waals surface area (Å²) < 4.78 is 0. The first-order valence-corrected chi connectivity index (χ1v) is 4.96. The summed E-state index contributed by atoms with van der Waals surface area (Å²) in [5.41, 5.74) is 1.30. The van der Waals surface area contributed by atoms with E-state index in [0.29, 0.717) is 0 Å². The van der Waals surface area contributed by atoms with E-state index in [1.807, 2.05) is 12.2 Å². The molecule has 0 radical (unpaired) electrons. The lowest BCUT2D eigenvalue weighted by Gasteiger charge is -1.87. The summed E-state index contributed by atoms with van der Waals surface area (Å²) in [6.45, 7) is 3.44. The third kappa shape index (κ3) is 3.76. The second-order valence-electron chi connectivity index (χ2n) is 2.56. The van der Waals surface area contributed by atoms with E-state index < -0.39 is 0 Å². The van der Waals surface area contributed by atoms with Crippen LogP contribution in [0.5, 0.6) is 0 Å². The van der Waals surface area contributed by atoms with Gasteiger partial charge in [-0.25, -0.2) is 0 Å². The number of thiophene rings is 1. The zero-order valence-corrected chi connectivity index (χ0v) is 8.13. The Morgan fingerprint density at radius 1 is 1.62 bits per heavy atom. The van der Waals surface area contributed by atoms with Crippen molar-refractivity contribution in [3.8, 4) is 0 Å². The molecule has 1 N–H and O–H groups in total. The van der Waals surface area contributed by atoms with Gasteiger partial charge in [0.1, 0.15) is 5.76 Å². The van der Waals surface area contributed by atoms with Crippen LogP contribution in [0.2, 0.25) is 0 Å². The van der Waals surface area contributed by atoms with Gasteiger partial charge in [0, 0.05) is 0 Å². The molecule has 13 heavy (non-hydrogen) atoms. The van der Waals surface area contributed by atoms with Crippen LogP contribution in [0.25, 0.3) is 0 Å². The van der Waals surface area contributed by atoms with Crippen LogP contribution in [0.3, 0.4) is 0 Å². The van der Waals surface area contributed by atoms with E-state index in [-0.39, 0.29) is 5.76 Å². The number of rotatable bonds is 4. The van der Waals surface area contributed by atoms with Crippen molar-refractivity contribution in [2.24, 2.45) is 0 Å². The van der Waals surface area contributed by atoms with Crippen molar-refractivity contribution in [3.05, 3.63) is 59.0 Å². The molecule has 0 aliphatic rings. The van der Waals surface area contributed by atoms with Crippen molar-refractivity contribution in [2.75, 3.05) is 0 Å². The molecule has 0 fully saturated rings. The molecule has 0 bridgehead atoms. The van der Waals surface area contributed by atoms with Crippen molar-refractivity contribution >= 4 is 11.3 Å². The van der Waals surface area contributed by atoms with Crippen LogP contribution >= 0.6 is 11.3 Å². The van der Waals surface area contributed by atoms with Gasteiger partial charge in [0.05, 0.1) is 0 Å². The van der Waals surface area contributed by atoms with Crippen molar-refractivity contribution in [1.29, 1.82) is 0 Å². The molecule has 0 unspecified atom stereocenters. The van der Waals surface area contributed by atoms with Crippen LogP contribution in [-0.2, 0) is 6.42 Å². The Bertz CT molecular complexity index is 307. The van der Waals surface area contributed by atoms with Crippen LogP contribution in [0.15, 0.2) is 53.5 Å². The summed E-state index contributed by atoms with van der Waals surface area (Å²) >= 11 is 1.69. The second kappa shape index (κ2) is 5.38. The first-order chi connectivity index (χ1) is 6.33. The Morgan fingerprint density at radius 3 is 3.08 bits per heavy atom. The Morgan fingerprint density at radius 2 is 2.46 bits per heavy atom. The van der Waals surface area contributed by atoms with E-state index in [1.165, 1.54) is 11.6 Å². The normalized spacial score (nSPS) is 12.2. The summed E-state index contributed by atoms with van der Waals surface area (Å²) in [4.78, 5) is 0. The van der Waals surface area contributed by atoms with Crippen LogP contribution in [0.1, 0.15) is 5.56 Å². The van der Waals surface area contributed by atoms with Crippen LogP contribution < -0.4 is 0 Å². The number of hydrogen-bond acceptors (Lipinski definition) is 2. The van der Waals surface area contributed by atoms with E-state index in [2.05, 4.69) is 23.4 Å². The van der Waals surface area contributed by atoms with Gasteiger partial charge in [0.2, 0.25) is 0 Å². The van der Waals surface area contributed by atoms with E-state index >= 15 is 0 Å². The van der Waals surface area contributed by atoms with Gasteiger partial charge in [0.15, 0.2) is 0 Å². The van der Waals surface area contributed by atoms with Gasteiger partial charge in [-0.05, 0) is 41.0 Å². The number of allylic oxidation sites excluding steroid dienone is 4. The fourth-order valence-electron chi connectivity index (χ4n) is 0.848. The highest BCUT2D eigenvalue weighted by molar-refractivity contribution is 7.07. The molecule has 0 aromatic carbocycles. The van der Waals surface area contributed by atoms with Gasteiger partial charge in [-0.3, -0.25) is 0 Å². The van der Waals surface area contributed by atoms with Crippen molar-refractivity contribution in [1.82, 2.24) is 0 Å². The largest absolute Gasteiger partial charge is 0.508 e. The highest BCUT2D eigenvalue weighted by Crippen LogP contribution is 2.06. The van der Waals surface area contributed by atoms with Crippen molar-refractivity contribution in [2.45, 2.75) is 6.42 Å². The fraction of sp³-hybridized carbons (Fsp3) is 0.0909. The van der Waals surface area contributed by atoms with Crippen LogP contribution in [0, 0.1) is 0 Å². The molecule has 2 heteroatoms. The highest BCUT2D eigenvalue weighted by atomic mass is 32.1. The number of aliphatic hydroxyl groups is 1. The average molecular weight is 192 g/mol. The second-order valence-corrected chi connectivity index (χ2v) is 3.34. The quantitative estimate of drug-likeness (QED) is 0.572. The maximum atomic E-state index is 9.01. The Balaban J connectivity index is 2.38. The Hall–Kier alpha value is -1.28. The molecule has 0 saturated heterocycles.